The molecule has 0 aliphatic heterocycles. The molecule has 4 heteroatoms. The van der Waals surface area contributed by atoms with Crippen molar-refractivity contribution >= 4 is 42.2 Å². The van der Waals surface area contributed by atoms with Crippen LogP contribution in [0, 0.1) is 0 Å². The first kappa shape index (κ1) is 18.7. The van der Waals surface area contributed by atoms with Crippen molar-refractivity contribution in [2.24, 2.45) is 0 Å². The molecule has 1 heterocycles. The van der Waals surface area contributed by atoms with Crippen molar-refractivity contribution in [2.45, 2.75) is 76.1 Å². The summed E-state index contributed by atoms with van der Waals surface area (Å²) < 4.78 is 9.07. The van der Waals surface area contributed by atoms with Crippen molar-refractivity contribution < 1.29 is 4.43 Å². The van der Waals surface area contributed by atoms with Crippen LogP contribution < -0.4 is 0 Å². The van der Waals surface area contributed by atoms with Gasteiger partial charge in [-0.15, -0.1) is 11.3 Å². The fraction of sp³-hybridized carbons (Fsp3) is 0.667. The molecular formula is C18H29IOSSi. The van der Waals surface area contributed by atoms with Crippen molar-refractivity contribution in [3.8, 4) is 0 Å². The van der Waals surface area contributed by atoms with Gasteiger partial charge in [-0.1, -0.05) is 61.9 Å². The first-order chi connectivity index (χ1) is 10.2. The second-order valence-electron chi connectivity index (χ2n) is 7.95. The third-order valence-electron chi connectivity index (χ3n) is 5.56. The summed E-state index contributed by atoms with van der Waals surface area (Å²) in [6.45, 7) is 11.8. The van der Waals surface area contributed by atoms with Crippen LogP contribution in [0.5, 0.6) is 0 Å². The van der Waals surface area contributed by atoms with Gasteiger partial charge in [0.05, 0.1) is 6.10 Å². The quantitative estimate of drug-likeness (QED) is 0.340. The molecule has 0 aromatic carbocycles. The summed E-state index contributed by atoms with van der Waals surface area (Å²) in [6, 6.07) is 4.51. The molecule has 1 atom stereocenters. The summed E-state index contributed by atoms with van der Waals surface area (Å²) in [4.78, 5) is 1.53. The van der Waals surface area contributed by atoms with Gasteiger partial charge in [-0.05, 0) is 52.9 Å². The average Bonchev–Trinajstić information content (AvgIpc) is 2.86. The standard InChI is InChI=1S/C18H29IOSSi/c1-17(2,3)22(4,5)20-15(9-6-13-19)18(11-8-12-18)16-10-7-14-21-16/h6-7,10,13-15H,8-9,11-12H2,1-5H3/b13-6+. The minimum absolute atomic E-state index is 0.264. The van der Waals surface area contributed by atoms with E-state index in [2.05, 4.69) is 84.1 Å². The lowest BCUT2D eigenvalue weighted by molar-refractivity contribution is 0.0416. The van der Waals surface area contributed by atoms with Crippen LogP contribution in [0.1, 0.15) is 51.3 Å². The highest BCUT2D eigenvalue weighted by Gasteiger charge is 2.50. The van der Waals surface area contributed by atoms with Crippen LogP contribution in [0.25, 0.3) is 0 Å². The van der Waals surface area contributed by atoms with E-state index in [0.29, 0.717) is 6.10 Å². The third kappa shape index (κ3) is 3.70. The van der Waals surface area contributed by atoms with Crippen LogP contribution in [-0.2, 0) is 9.84 Å². The topological polar surface area (TPSA) is 9.23 Å². The molecule has 0 radical (unpaired) electrons. The summed E-state index contributed by atoms with van der Waals surface area (Å²) >= 11 is 4.23. The number of hydrogen-bond donors (Lipinski definition) is 0. The smallest absolute Gasteiger partial charge is 0.192 e. The van der Waals surface area contributed by atoms with E-state index in [1.807, 2.05) is 11.3 Å². The number of halogens is 1. The molecule has 1 aliphatic rings. The molecule has 1 fully saturated rings. The highest BCUT2D eigenvalue weighted by atomic mass is 127. The molecule has 1 nitrogen and oxygen atoms in total. The molecule has 0 bridgehead atoms. The van der Waals surface area contributed by atoms with Crippen molar-refractivity contribution in [3.63, 3.8) is 0 Å². The predicted molar refractivity (Wildman–Crippen MR) is 110 cm³/mol. The molecule has 0 spiro atoms. The lowest BCUT2D eigenvalue weighted by atomic mass is 9.63. The molecule has 1 aromatic rings. The molecule has 1 saturated carbocycles. The molecule has 2 rings (SSSR count). The van der Waals surface area contributed by atoms with Crippen LogP contribution in [0.4, 0.5) is 0 Å². The summed E-state index contributed by atoms with van der Waals surface area (Å²) in [5.41, 5.74) is 0.264. The molecule has 0 N–H and O–H groups in total. The van der Waals surface area contributed by atoms with Gasteiger partial charge in [0.25, 0.3) is 0 Å². The maximum Gasteiger partial charge on any atom is 0.192 e. The second-order valence-corrected chi connectivity index (χ2v) is 14.4. The van der Waals surface area contributed by atoms with E-state index < -0.39 is 8.32 Å². The zero-order chi connectivity index (χ0) is 16.4. The van der Waals surface area contributed by atoms with E-state index in [0.717, 1.165) is 6.42 Å². The first-order valence-corrected chi connectivity index (χ1v) is 13.2. The maximum atomic E-state index is 6.93. The van der Waals surface area contributed by atoms with Crippen molar-refractivity contribution in [2.75, 3.05) is 0 Å². The SMILES string of the molecule is CC(C)(C)[Si](C)(C)OC(C/C=C/I)C1(c2cccs2)CCC1. The molecule has 1 aromatic heterocycles. The Morgan fingerprint density at radius 2 is 2.09 bits per heavy atom. The van der Waals surface area contributed by atoms with Crippen LogP contribution in [0.15, 0.2) is 27.7 Å². The molecule has 1 aliphatic carbocycles. The van der Waals surface area contributed by atoms with Crippen molar-refractivity contribution in [1.82, 2.24) is 0 Å². The van der Waals surface area contributed by atoms with Gasteiger partial charge in [-0.2, -0.15) is 0 Å². The molecule has 22 heavy (non-hydrogen) atoms. The Morgan fingerprint density at radius 3 is 2.50 bits per heavy atom. The van der Waals surface area contributed by atoms with E-state index in [4.69, 9.17) is 4.43 Å². The Kier molecular flexibility index (Phi) is 6.01. The average molecular weight is 448 g/mol. The van der Waals surface area contributed by atoms with E-state index in [-0.39, 0.29) is 10.5 Å². The number of hydrogen-bond acceptors (Lipinski definition) is 2. The Labute approximate surface area is 154 Å². The van der Waals surface area contributed by atoms with Gasteiger partial charge in [0.2, 0.25) is 0 Å². The number of thiophene rings is 1. The van der Waals surface area contributed by atoms with Crippen molar-refractivity contribution in [3.05, 3.63) is 32.5 Å². The summed E-state index contributed by atoms with van der Waals surface area (Å²) in [5.74, 6) is 0. The van der Waals surface area contributed by atoms with E-state index in [9.17, 15) is 0 Å². The fourth-order valence-electron chi connectivity index (χ4n) is 2.94. The Bertz CT molecular complexity index is 498. The number of rotatable bonds is 6. The zero-order valence-electron chi connectivity index (χ0n) is 14.5. The van der Waals surface area contributed by atoms with Crippen molar-refractivity contribution in [1.29, 1.82) is 0 Å². The van der Waals surface area contributed by atoms with Crippen LogP contribution in [0.3, 0.4) is 0 Å². The van der Waals surface area contributed by atoms with Gasteiger partial charge >= 0.3 is 0 Å². The minimum Gasteiger partial charge on any atom is -0.413 e. The Hall–Kier alpha value is 0.347. The van der Waals surface area contributed by atoms with Crippen LogP contribution >= 0.6 is 33.9 Å². The first-order valence-electron chi connectivity index (χ1n) is 8.20. The molecular weight excluding hydrogens is 419 g/mol. The van der Waals surface area contributed by atoms with Gasteiger partial charge in [0.15, 0.2) is 8.32 Å². The van der Waals surface area contributed by atoms with Gasteiger partial charge in [-0.25, -0.2) is 0 Å². The highest BCUT2D eigenvalue weighted by molar-refractivity contribution is 14.1. The molecule has 0 amide bonds. The lowest BCUT2D eigenvalue weighted by Gasteiger charge is -2.51. The normalized spacial score (nSPS) is 20.1. The summed E-state index contributed by atoms with van der Waals surface area (Å²) in [5, 5.41) is 2.48. The zero-order valence-corrected chi connectivity index (χ0v) is 18.5. The summed E-state index contributed by atoms with van der Waals surface area (Å²) in [6.07, 6.45) is 7.54. The monoisotopic (exact) mass is 448 g/mol. The lowest BCUT2D eigenvalue weighted by Crippen LogP contribution is -2.53. The predicted octanol–water partition coefficient (Wildman–Crippen LogP) is 6.90. The fourth-order valence-corrected chi connectivity index (χ4v) is 5.65. The highest BCUT2D eigenvalue weighted by Crippen LogP contribution is 2.52. The van der Waals surface area contributed by atoms with E-state index >= 15 is 0 Å². The van der Waals surface area contributed by atoms with Gasteiger partial charge in [-0.3, -0.25) is 0 Å². The third-order valence-corrected chi connectivity index (χ3v) is 11.6. The maximum absolute atomic E-state index is 6.93. The molecule has 124 valence electrons. The minimum atomic E-state index is -1.75. The molecule has 1 unspecified atom stereocenters. The van der Waals surface area contributed by atoms with Gasteiger partial charge in [0.1, 0.15) is 0 Å². The van der Waals surface area contributed by atoms with E-state index in [1.165, 1.54) is 24.1 Å². The van der Waals surface area contributed by atoms with Gasteiger partial charge < -0.3 is 4.43 Å². The Morgan fingerprint density at radius 1 is 1.41 bits per heavy atom. The molecule has 0 saturated heterocycles. The largest absolute Gasteiger partial charge is 0.413 e. The second kappa shape index (κ2) is 7.07. The van der Waals surface area contributed by atoms with Gasteiger partial charge in [0, 0.05) is 10.3 Å². The van der Waals surface area contributed by atoms with Crippen LogP contribution in [0.2, 0.25) is 18.1 Å². The van der Waals surface area contributed by atoms with Crippen LogP contribution in [-0.4, -0.2) is 14.4 Å². The Balaban J connectivity index is 2.30. The van der Waals surface area contributed by atoms with E-state index in [1.54, 1.807) is 0 Å². The summed E-state index contributed by atoms with van der Waals surface area (Å²) in [7, 11) is -1.75.